The minimum absolute atomic E-state index is 0.0177. The molecule has 35 heavy (non-hydrogen) atoms. The lowest BCUT2D eigenvalue weighted by Crippen LogP contribution is -2.29. The van der Waals surface area contributed by atoms with Gasteiger partial charge in [-0.05, 0) is 25.3 Å². The van der Waals surface area contributed by atoms with Crippen LogP contribution in [0.3, 0.4) is 0 Å². The smallest absolute Gasteiger partial charge is 0.305 e. The summed E-state index contributed by atoms with van der Waals surface area (Å²) >= 11 is 0. The fraction of sp³-hybridized carbons (Fsp3) is 0.333. The SMILES string of the molecule is Cc1nc2c(-c3ccccc3)c(C(F)(F)F)[nH]n2c(=O)c1C(=O)Nc1ccn(C2CCCCC2)n1. The average Bonchev–Trinajstić information content (AvgIpc) is 3.45. The summed E-state index contributed by atoms with van der Waals surface area (Å²) in [5, 5.41) is 9.12. The van der Waals surface area contributed by atoms with E-state index >= 15 is 0 Å². The molecule has 1 aliphatic rings. The summed E-state index contributed by atoms with van der Waals surface area (Å²) in [6.45, 7) is 1.42. The molecule has 0 saturated heterocycles. The first-order valence-electron chi connectivity index (χ1n) is 11.4. The maximum Gasteiger partial charge on any atom is 0.433 e. The molecule has 2 N–H and O–H groups in total. The molecule has 8 nitrogen and oxygen atoms in total. The van der Waals surface area contributed by atoms with Crippen LogP contribution < -0.4 is 10.9 Å². The lowest BCUT2D eigenvalue weighted by molar-refractivity contribution is -0.140. The van der Waals surface area contributed by atoms with E-state index in [9.17, 15) is 22.8 Å². The summed E-state index contributed by atoms with van der Waals surface area (Å²) in [6.07, 6.45) is 2.46. The molecule has 1 amide bonds. The van der Waals surface area contributed by atoms with Crippen molar-refractivity contribution in [3.8, 4) is 11.1 Å². The van der Waals surface area contributed by atoms with Crippen molar-refractivity contribution in [1.29, 1.82) is 0 Å². The normalized spacial score (nSPS) is 15.0. The third-order valence-electron chi connectivity index (χ3n) is 6.33. The van der Waals surface area contributed by atoms with Crippen LogP contribution in [0, 0.1) is 6.92 Å². The van der Waals surface area contributed by atoms with Crippen molar-refractivity contribution < 1.29 is 18.0 Å². The Morgan fingerprint density at radius 1 is 1.11 bits per heavy atom. The van der Waals surface area contributed by atoms with Gasteiger partial charge in [-0.2, -0.15) is 22.8 Å². The average molecular weight is 484 g/mol. The zero-order valence-corrected chi connectivity index (χ0v) is 18.9. The lowest BCUT2D eigenvalue weighted by Gasteiger charge is -2.21. The van der Waals surface area contributed by atoms with Crippen LogP contribution in [-0.4, -0.2) is 30.3 Å². The largest absolute Gasteiger partial charge is 0.433 e. The molecule has 0 bridgehead atoms. The minimum Gasteiger partial charge on any atom is -0.305 e. The molecule has 1 aromatic carbocycles. The number of benzene rings is 1. The maximum absolute atomic E-state index is 13.8. The third-order valence-corrected chi connectivity index (χ3v) is 6.33. The molecule has 11 heteroatoms. The molecule has 1 fully saturated rings. The van der Waals surface area contributed by atoms with E-state index < -0.39 is 23.3 Å². The number of amides is 1. The molecule has 0 aliphatic heterocycles. The Bertz CT molecular complexity index is 1450. The van der Waals surface area contributed by atoms with Gasteiger partial charge in [-0.3, -0.25) is 19.4 Å². The van der Waals surface area contributed by atoms with Crippen LogP contribution in [0.2, 0.25) is 0 Å². The molecule has 1 saturated carbocycles. The maximum atomic E-state index is 13.8. The Balaban J connectivity index is 1.54. The van der Waals surface area contributed by atoms with Crippen molar-refractivity contribution in [2.45, 2.75) is 51.2 Å². The minimum atomic E-state index is -4.77. The molecule has 0 spiro atoms. The van der Waals surface area contributed by atoms with E-state index in [1.807, 2.05) is 4.68 Å². The molecular formula is C24H23F3N6O2. The van der Waals surface area contributed by atoms with E-state index in [1.165, 1.54) is 25.5 Å². The Labute approximate surface area is 197 Å². The highest BCUT2D eigenvalue weighted by Gasteiger charge is 2.38. The predicted octanol–water partition coefficient (Wildman–Crippen LogP) is 4.97. The number of aromatic nitrogens is 5. The number of alkyl halides is 3. The van der Waals surface area contributed by atoms with Gasteiger partial charge < -0.3 is 5.32 Å². The van der Waals surface area contributed by atoms with Gasteiger partial charge in [-0.1, -0.05) is 49.6 Å². The van der Waals surface area contributed by atoms with E-state index in [4.69, 9.17) is 0 Å². The zero-order valence-electron chi connectivity index (χ0n) is 18.9. The Morgan fingerprint density at radius 3 is 2.51 bits per heavy atom. The summed E-state index contributed by atoms with van der Waals surface area (Å²) in [7, 11) is 0. The van der Waals surface area contributed by atoms with E-state index in [1.54, 1.807) is 30.5 Å². The number of rotatable bonds is 4. The quantitative estimate of drug-likeness (QED) is 0.427. The van der Waals surface area contributed by atoms with Crippen LogP contribution in [0.4, 0.5) is 19.0 Å². The topological polar surface area (TPSA) is 97.1 Å². The van der Waals surface area contributed by atoms with Crippen LogP contribution >= 0.6 is 0 Å². The zero-order chi connectivity index (χ0) is 24.7. The van der Waals surface area contributed by atoms with Crippen molar-refractivity contribution in [2.24, 2.45) is 0 Å². The third kappa shape index (κ3) is 4.22. The van der Waals surface area contributed by atoms with E-state index in [0.29, 0.717) is 4.52 Å². The Kier molecular flexibility index (Phi) is 5.70. The van der Waals surface area contributed by atoms with Crippen molar-refractivity contribution >= 4 is 17.4 Å². The van der Waals surface area contributed by atoms with Crippen LogP contribution in [-0.2, 0) is 6.18 Å². The summed E-state index contributed by atoms with van der Waals surface area (Å²) < 4.78 is 44.0. The molecule has 4 aromatic rings. The molecule has 1 aliphatic carbocycles. The number of H-pyrrole nitrogens is 1. The second-order valence-corrected chi connectivity index (χ2v) is 8.69. The molecule has 182 valence electrons. The summed E-state index contributed by atoms with van der Waals surface area (Å²) in [4.78, 5) is 30.4. The van der Waals surface area contributed by atoms with Crippen LogP contribution in [0.15, 0.2) is 47.4 Å². The molecule has 5 rings (SSSR count). The number of hydrogen-bond donors (Lipinski definition) is 2. The summed E-state index contributed by atoms with van der Waals surface area (Å²) in [6, 6.07) is 9.77. The first-order chi connectivity index (χ1) is 16.7. The molecule has 3 heterocycles. The number of halogens is 3. The number of carbonyl (C=O) groups is 1. The van der Waals surface area contributed by atoms with Crippen molar-refractivity contribution in [3.63, 3.8) is 0 Å². The molecule has 3 aromatic heterocycles. The number of fused-ring (bicyclic) bond motifs is 1. The van der Waals surface area contributed by atoms with Gasteiger partial charge in [0.25, 0.3) is 11.5 Å². The number of nitrogens with zero attached hydrogens (tertiary/aromatic N) is 4. The first-order valence-corrected chi connectivity index (χ1v) is 11.4. The number of aryl methyl sites for hydroxylation is 1. The number of nitrogens with one attached hydrogen (secondary N) is 2. The standard InChI is InChI=1S/C24H23F3N6O2/c1-14-18(22(34)29-17-12-13-32(30-17)16-10-6-3-7-11-16)23(35)33-21(28-14)19(15-8-4-2-5-9-15)20(31-33)24(25,26)27/h2,4-5,8-9,12-13,16,31H,3,6-7,10-11H2,1H3,(H,29,30,34). The fourth-order valence-electron chi connectivity index (χ4n) is 4.66. The van der Waals surface area contributed by atoms with Gasteiger partial charge >= 0.3 is 6.18 Å². The fourth-order valence-corrected chi connectivity index (χ4v) is 4.66. The Hall–Kier alpha value is -3.89. The van der Waals surface area contributed by atoms with Crippen LogP contribution in [0.25, 0.3) is 16.8 Å². The Morgan fingerprint density at radius 2 is 1.83 bits per heavy atom. The van der Waals surface area contributed by atoms with Crippen LogP contribution in [0.1, 0.15) is 59.9 Å². The van der Waals surface area contributed by atoms with E-state index in [0.717, 1.165) is 25.7 Å². The lowest BCUT2D eigenvalue weighted by atomic mass is 9.96. The molecule has 0 radical (unpaired) electrons. The van der Waals surface area contributed by atoms with Gasteiger partial charge in [0.05, 0.1) is 17.3 Å². The number of anilines is 1. The number of carbonyl (C=O) groups excluding carboxylic acids is 1. The molecule has 0 atom stereocenters. The highest BCUT2D eigenvalue weighted by molar-refractivity contribution is 6.04. The van der Waals surface area contributed by atoms with Gasteiger partial charge in [0.1, 0.15) is 11.3 Å². The van der Waals surface area contributed by atoms with Crippen LogP contribution in [0.5, 0.6) is 0 Å². The summed E-state index contributed by atoms with van der Waals surface area (Å²) in [5.74, 6) is -0.523. The molecule has 0 unspecified atom stereocenters. The van der Waals surface area contributed by atoms with E-state index in [2.05, 4.69) is 20.5 Å². The second kappa shape index (κ2) is 8.71. The monoisotopic (exact) mass is 484 g/mol. The predicted molar refractivity (Wildman–Crippen MR) is 123 cm³/mol. The van der Waals surface area contributed by atoms with Crippen molar-refractivity contribution in [1.82, 2.24) is 24.4 Å². The number of aromatic amines is 1. The molecular weight excluding hydrogens is 461 g/mol. The highest BCUT2D eigenvalue weighted by atomic mass is 19.4. The van der Waals surface area contributed by atoms with Gasteiger partial charge in [0.15, 0.2) is 11.5 Å². The van der Waals surface area contributed by atoms with Gasteiger partial charge in [0.2, 0.25) is 0 Å². The summed E-state index contributed by atoms with van der Waals surface area (Å²) in [5.41, 5.74) is -2.59. The second-order valence-electron chi connectivity index (χ2n) is 8.69. The van der Waals surface area contributed by atoms with Crippen molar-refractivity contribution in [3.05, 3.63) is 69.9 Å². The van der Waals surface area contributed by atoms with Gasteiger partial charge in [-0.25, -0.2) is 4.98 Å². The van der Waals surface area contributed by atoms with Crippen molar-refractivity contribution in [2.75, 3.05) is 5.32 Å². The first kappa shape index (κ1) is 22.9. The highest BCUT2D eigenvalue weighted by Crippen LogP contribution is 2.38. The van der Waals surface area contributed by atoms with E-state index in [-0.39, 0.29) is 39.9 Å². The number of hydrogen-bond acceptors (Lipinski definition) is 4. The van der Waals surface area contributed by atoms with Gasteiger partial charge in [-0.15, -0.1) is 0 Å². The van der Waals surface area contributed by atoms with Gasteiger partial charge in [0, 0.05) is 12.3 Å².